The Balaban J connectivity index is 2.62. The lowest BCUT2D eigenvalue weighted by atomic mass is 10.2. The lowest BCUT2D eigenvalue weighted by Crippen LogP contribution is -2.31. The van der Waals surface area contributed by atoms with Crippen LogP contribution in [-0.2, 0) is 0 Å². The highest BCUT2D eigenvalue weighted by atomic mass is 127. The molecular formula is C11H14BrIN2O. The highest BCUT2D eigenvalue weighted by Crippen LogP contribution is 2.19. The van der Waals surface area contributed by atoms with E-state index in [4.69, 9.17) is 0 Å². The van der Waals surface area contributed by atoms with Crippen molar-refractivity contribution in [3.05, 3.63) is 31.8 Å². The van der Waals surface area contributed by atoms with Crippen LogP contribution in [0.15, 0.2) is 22.7 Å². The molecule has 0 bridgehead atoms. The highest BCUT2D eigenvalue weighted by molar-refractivity contribution is 14.1. The van der Waals surface area contributed by atoms with Crippen LogP contribution in [0.2, 0.25) is 0 Å². The van der Waals surface area contributed by atoms with Crippen molar-refractivity contribution in [3.8, 4) is 0 Å². The van der Waals surface area contributed by atoms with Crippen LogP contribution in [0.25, 0.3) is 0 Å². The zero-order valence-electron chi connectivity index (χ0n) is 9.26. The van der Waals surface area contributed by atoms with Crippen molar-refractivity contribution in [3.63, 3.8) is 0 Å². The SMILES string of the molecule is CN(C)CCNC(=O)c1cc(I)ccc1Br. The molecule has 0 unspecified atom stereocenters. The van der Waals surface area contributed by atoms with E-state index in [1.807, 2.05) is 37.2 Å². The van der Waals surface area contributed by atoms with Crippen molar-refractivity contribution >= 4 is 44.4 Å². The maximum absolute atomic E-state index is 11.8. The van der Waals surface area contributed by atoms with E-state index in [0.717, 1.165) is 14.6 Å². The van der Waals surface area contributed by atoms with Gasteiger partial charge in [-0.25, -0.2) is 0 Å². The molecule has 0 atom stereocenters. The molecule has 1 aromatic rings. The van der Waals surface area contributed by atoms with E-state index >= 15 is 0 Å². The molecule has 3 nitrogen and oxygen atoms in total. The summed E-state index contributed by atoms with van der Waals surface area (Å²) >= 11 is 5.57. The van der Waals surface area contributed by atoms with Gasteiger partial charge in [0.05, 0.1) is 5.56 Å². The summed E-state index contributed by atoms with van der Waals surface area (Å²) in [6.07, 6.45) is 0. The molecular weight excluding hydrogens is 383 g/mol. The molecule has 0 saturated heterocycles. The van der Waals surface area contributed by atoms with Crippen LogP contribution in [0, 0.1) is 3.57 Å². The molecule has 5 heteroatoms. The molecule has 0 fully saturated rings. The molecule has 0 saturated carbocycles. The van der Waals surface area contributed by atoms with Gasteiger partial charge in [-0.1, -0.05) is 0 Å². The Morgan fingerprint density at radius 3 is 2.81 bits per heavy atom. The largest absolute Gasteiger partial charge is 0.351 e. The minimum Gasteiger partial charge on any atom is -0.351 e. The van der Waals surface area contributed by atoms with E-state index in [9.17, 15) is 4.79 Å². The standard InChI is InChI=1S/C11H14BrIN2O/c1-15(2)6-5-14-11(16)9-7-8(13)3-4-10(9)12/h3-4,7H,5-6H2,1-2H3,(H,14,16). The zero-order chi connectivity index (χ0) is 12.1. The Morgan fingerprint density at radius 2 is 2.19 bits per heavy atom. The Kier molecular flexibility index (Phi) is 5.71. The number of benzene rings is 1. The van der Waals surface area contributed by atoms with Crippen LogP contribution >= 0.6 is 38.5 Å². The summed E-state index contributed by atoms with van der Waals surface area (Å²) in [5, 5.41) is 2.88. The summed E-state index contributed by atoms with van der Waals surface area (Å²) in [6, 6.07) is 5.72. The predicted octanol–water partition coefficient (Wildman–Crippen LogP) is 2.35. The van der Waals surface area contributed by atoms with Gasteiger partial charge in [0.15, 0.2) is 0 Å². The van der Waals surface area contributed by atoms with Gasteiger partial charge in [0, 0.05) is 21.1 Å². The van der Waals surface area contributed by atoms with Crippen LogP contribution < -0.4 is 5.32 Å². The number of likely N-dealkylation sites (N-methyl/N-ethyl adjacent to an activating group) is 1. The van der Waals surface area contributed by atoms with Gasteiger partial charge in [-0.3, -0.25) is 4.79 Å². The van der Waals surface area contributed by atoms with Crippen molar-refractivity contribution in [1.82, 2.24) is 10.2 Å². The van der Waals surface area contributed by atoms with Crippen molar-refractivity contribution in [2.24, 2.45) is 0 Å². The number of halogens is 2. The summed E-state index contributed by atoms with van der Waals surface area (Å²) in [6.45, 7) is 1.50. The zero-order valence-corrected chi connectivity index (χ0v) is 13.0. The van der Waals surface area contributed by atoms with Crippen LogP contribution in [0.1, 0.15) is 10.4 Å². The number of hydrogen-bond acceptors (Lipinski definition) is 2. The summed E-state index contributed by atoms with van der Waals surface area (Å²) in [7, 11) is 3.96. The summed E-state index contributed by atoms with van der Waals surface area (Å²) in [4.78, 5) is 13.9. The fraction of sp³-hybridized carbons (Fsp3) is 0.364. The first kappa shape index (κ1) is 13.9. The topological polar surface area (TPSA) is 32.3 Å². The van der Waals surface area contributed by atoms with E-state index in [1.54, 1.807) is 0 Å². The monoisotopic (exact) mass is 396 g/mol. The Morgan fingerprint density at radius 1 is 1.50 bits per heavy atom. The van der Waals surface area contributed by atoms with E-state index in [0.29, 0.717) is 12.1 Å². The average molecular weight is 397 g/mol. The summed E-state index contributed by atoms with van der Waals surface area (Å²) in [5.41, 5.74) is 0.686. The van der Waals surface area contributed by atoms with Gasteiger partial charge in [0.25, 0.3) is 5.91 Å². The molecule has 0 heterocycles. The Labute approximate surface area is 118 Å². The molecule has 88 valence electrons. The van der Waals surface area contributed by atoms with Gasteiger partial charge < -0.3 is 10.2 Å². The minimum absolute atomic E-state index is 0.0350. The quantitative estimate of drug-likeness (QED) is 0.792. The lowest BCUT2D eigenvalue weighted by molar-refractivity contribution is 0.0950. The fourth-order valence-corrected chi connectivity index (χ4v) is 2.08. The molecule has 0 aliphatic heterocycles. The number of nitrogens with zero attached hydrogens (tertiary/aromatic N) is 1. The van der Waals surface area contributed by atoms with Crippen molar-refractivity contribution in [1.29, 1.82) is 0 Å². The summed E-state index contributed by atoms with van der Waals surface area (Å²) in [5.74, 6) is -0.0350. The van der Waals surface area contributed by atoms with Gasteiger partial charge in [0.1, 0.15) is 0 Å². The van der Waals surface area contributed by atoms with E-state index in [2.05, 4.69) is 43.8 Å². The number of carbonyl (C=O) groups excluding carboxylic acids is 1. The van der Waals surface area contributed by atoms with Gasteiger partial charge in [0.2, 0.25) is 0 Å². The molecule has 0 radical (unpaired) electrons. The lowest BCUT2D eigenvalue weighted by Gasteiger charge is -2.11. The smallest absolute Gasteiger partial charge is 0.252 e. The molecule has 0 aliphatic rings. The number of amides is 1. The number of nitrogens with one attached hydrogen (secondary N) is 1. The van der Waals surface area contributed by atoms with Crippen LogP contribution in [0.4, 0.5) is 0 Å². The van der Waals surface area contributed by atoms with E-state index < -0.39 is 0 Å². The van der Waals surface area contributed by atoms with Crippen LogP contribution in [0.5, 0.6) is 0 Å². The first-order valence-corrected chi connectivity index (χ1v) is 6.76. The molecule has 0 aliphatic carbocycles. The molecule has 0 aromatic heterocycles. The normalized spacial score (nSPS) is 10.6. The van der Waals surface area contributed by atoms with Crippen molar-refractivity contribution in [2.45, 2.75) is 0 Å². The third-order valence-corrected chi connectivity index (χ3v) is 3.38. The Hall–Kier alpha value is -0.140. The van der Waals surface area contributed by atoms with Gasteiger partial charge in [-0.05, 0) is 70.8 Å². The molecule has 16 heavy (non-hydrogen) atoms. The minimum atomic E-state index is -0.0350. The van der Waals surface area contributed by atoms with Crippen molar-refractivity contribution in [2.75, 3.05) is 27.2 Å². The third-order valence-electron chi connectivity index (χ3n) is 2.02. The second kappa shape index (κ2) is 6.56. The molecule has 1 N–H and O–H groups in total. The van der Waals surface area contributed by atoms with Gasteiger partial charge in [-0.15, -0.1) is 0 Å². The number of carbonyl (C=O) groups is 1. The van der Waals surface area contributed by atoms with Gasteiger partial charge in [-0.2, -0.15) is 0 Å². The second-order valence-electron chi connectivity index (χ2n) is 3.68. The van der Waals surface area contributed by atoms with E-state index in [1.165, 1.54) is 0 Å². The first-order chi connectivity index (χ1) is 7.50. The maximum Gasteiger partial charge on any atom is 0.252 e. The summed E-state index contributed by atoms with van der Waals surface area (Å²) < 4.78 is 1.88. The number of hydrogen-bond donors (Lipinski definition) is 1. The highest BCUT2D eigenvalue weighted by Gasteiger charge is 2.09. The van der Waals surface area contributed by atoms with Crippen molar-refractivity contribution < 1.29 is 4.79 Å². The maximum atomic E-state index is 11.8. The predicted molar refractivity (Wildman–Crippen MR) is 77.7 cm³/mol. The first-order valence-electron chi connectivity index (χ1n) is 4.88. The molecule has 0 spiro atoms. The average Bonchev–Trinajstić information content (AvgIpc) is 2.21. The van der Waals surface area contributed by atoms with Crippen LogP contribution in [-0.4, -0.2) is 38.0 Å². The number of rotatable bonds is 4. The van der Waals surface area contributed by atoms with Gasteiger partial charge >= 0.3 is 0 Å². The molecule has 1 aromatic carbocycles. The molecule has 1 rings (SSSR count). The molecule has 1 amide bonds. The Bertz CT molecular complexity index is 382. The second-order valence-corrected chi connectivity index (χ2v) is 5.78. The van der Waals surface area contributed by atoms with E-state index in [-0.39, 0.29) is 5.91 Å². The fourth-order valence-electron chi connectivity index (χ4n) is 1.16. The van der Waals surface area contributed by atoms with Crippen LogP contribution in [0.3, 0.4) is 0 Å². The third kappa shape index (κ3) is 4.39.